The number of para-hydroxylation sites is 2. The molecule has 0 spiro atoms. The smallest absolute Gasteiger partial charge is 0.387 e. The molecule has 0 aliphatic carbocycles. The molecule has 0 amide bonds. The van der Waals surface area contributed by atoms with E-state index in [4.69, 9.17) is 0 Å². The van der Waals surface area contributed by atoms with Crippen LogP contribution in [-0.2, 0) is 6.42 Å². The maximum atomic E-state index is 12.6. The Kier molecular flexibility index (Phi) is 7.02. The quantitative estimate of drug-likeness (QED) is 0.544. The zero-order valence-electron chi connectivity index (χ0n) is 16.0. The summed E-state index contributed by atoms with van der Waals surface area (Å²) < 4.78 is 29.9. The largest absolute Gasteiger partial charge is 0.433 e. The molecule has 1 fully saturated rings. The maximum Gasteiger partial charge on any atom is 0.387 e. The second-order valence-corrected chi connectivity index (χ2v) is 7.86. The number of hydrogen-bond donors (Lipinski definition) is 2. The molecule has 1 aliphatic rings. The molecule has 6 nitrogen and oxygen atoms in total. The van der Waals surface area contributed by atoms with E-state index in [1.165, 1.54) is 4.88 Å². The van der Waals surface area contributed by atoms with Gasteiger partial charge in [-0.25, -0.2) is 4.98 Å². The van der Waals surface area contributed by atoms with Crippen LogP contribution in [-0.4, -0.2) is 50.3 Å². The third-order valence-electron chi connectivity index (χ3n) is 4.48. The van der Waals surface area contributed by atoms with Crippen molar-refractivity contribution in [3.63, 3.8) is 0 Å². The number of aryl methyl sites for hydroxylation is 1. The molecule has 1 unspecified atom stereocenters. The van der Waals surface area contributed by atoms with Gasteiger partial charge in [0.25, 0.3) is 0 Å². The first kappa shape index (κ1) is 20.3. The minimum absolute atomic E-state index is 0.174. The van der Waals surface area contributed by atoms with Crippen molar-refractivity contribution in [1.82, 2.24) is 15.6 Å². The Morgan fingerprint density at radius 3 is 2.96 bits per heavy atom. The van der Waals surface area contributed by atoms with Gasteiger partial charge in [-0.15, -0.1) is 11.3 Å². The van der Waals surface area contributed by atoms with E-state index < -0.39 is 6.61 Å². The Balaban J connectivity index is 1.50. The molecule has 1 aromatic carbocycles. The van der Waals surface area contributed by atoms with E-state index in [0.717, 1.165) is 36.9 Å². The molecule has 1 saturated heterocycles. The van der Waals surface area contributed by atoms with Gasteiger partial charge in [0.2, 0.25) is 0 Å². The molecule has 28 heavy (non-hydrogen) atoms. The standard InChI is InChI=1S/C19H25F2N5OS/c1-13-11-24-17(28-13)7-9-23-19(22-2)25-14-8-10-26(12-14)15-5-3-4-6-16(15)27-18(20)21/h3-6,11,14,18H,7-10,12H2,1-2H3,(H2,22,23,25). The Bertz CT molecular complexity index is 798. The highest BCUT2D eigenvalue weighted by Crippen LogP contribution is 2.31. The van der Waals surface area contributed by atoms with Crippen molar-refractivity contribution >= 4 is 23.0 Å². The van der Waals surface area contributed by atoms with Crippen molar-refractivity contribution in [3.8, 4) is 5.75 Å². The molecule has 3 rings (SSSR count). The second-order valence-electron chi connectivity index (χ2n) is 6.54. The molecule has 0 saturated carbocycles. The van der Waals surface area contributed by atoms with Crippen LogP contribution in [0, 0.1) is 6.92 Å². The molecule has 0 radical (unpaired) electrons. The van der Waals surface area contributed by atoms with E-state index in [1.807, 2.05) is 25.3 Å². The summed E-state index contributed by atoms with van der Waals surface area (Å²) in [5.41, 5.74) is 0.689. The lowest BCUT2D eigenvalue weighted by molar-refractivity contribution is -0.0495. The topological polar surface area (TPSA) is 61.8 Å². The van der Waals surface area contributed by atoms with Gasteiger partial charge in [0, 0.05) is 50.2 Å². The lowest BCUT2D eigenvalue weighted by Crippen LogP contribution is -2.45. The van der Waals surface area contributed by atoms with Gasteiger partial charge in [-0.3, -0.25) is 4.99 Å². The van der Waals surface area contributed by atoms with Crippen molar-refractivity contribution < 1.29 is 13.5 Å². The van der Waals surface area contributed by atoms with Gasteiger partial charge < -0.3 is 20.3 Å². The fourth-order valence-corrected chi connectivity index (χ4v) is 3.99. The fraction of sp³-hybridized carbons (Fsp3) is 0.474. The number of thiazole rings is 1. The number of halogens is 2. The summed E-state index contributed by atoms with van der Waals surface area (Å²) in [5.74, 6) is 0.941. The Morgan fingerprint density at radius 1 is 1.43 bits per heavy atom. The normalized spacial score (nSPS) is 17.2. The molecule has 2 N–H and O–H groups in total. The first-order valence-electron chi connectivity index (χ1n) is 9.22. The molecular weight excluding hydrogens is 384 g/mol. The first-order valence-corrected chi connectivity index (χ1v) is 10.0. The van der Waals surface area contributed by atoms with Crippen molar-refractivity contribution in [2.24, 2.45) is 4.99 Å². The van der Waals surface area contributed by atoms with Crippen LogP contribution in [0.15, 0.2) is 35.5 Å². The van der Waals surface area contributed by atoms with Crippen LogP contribution in [0.5, 0.6) is 5.75 Å². The fourth-order valence-electron chi connectivity index (χ4n) is 3.20. The van der Waals surface area contributed by atoms with Crippen molar-refractivity contribution in [2.75, 3.05) is 31.6 Å². The average molecular weight is 410 g/mol. The Hall–Kier alpha value is -2.42. The van der Waals surface area contributed by atoms with E-state index in [1.54, 1.807) is 30.5 Å². The second kappa shape index (κ2) is 9.68. The molecule has 1 aromatic heterocycles. The maximum absolute atomic E-state index is 12.6. The summed E-state index contributed by atoms with van der Waals surface area (Å²) in [4.78, 5) is 11.9. The predicted molar refractivity (Wildman–Crippen MR) is 109 cm³/mol. The number of ether oxygens (including phenoxy) is 1. The highest BCUT2D eigenvalue weighted by atomic mass is 32.1. The summed E-state index contributed by atoms with van der Waals surface area (Å²) in [6.45, 7) is 1.41. The van der Waals surface area contributed by atoms with E-state index >= 15 is 0 Å². The van der Waals surface area contributed by atoms with E-state index in [0.29, 0.717) is 12.2 Å². The van der Waals surface area contributed by atoms with Gasteiger partial charge in [-0.2, -0.15) is 8.78 Å². The highest BCUT2D eigenvalue weighted by molar-refractivity contribution is 7.11. The van der Waals surface area contributed by atoms with Crippen molar-refractivity contribution in [1.29, 1.82) is 0 Å². The van der Waals surface area contributed by atoms with E-state index in [9.17, 15) is 8.78 Å². The number of guanidine groups is 1. The molecule has 152 valence electrons. The van der Waals surface area contributed by atoms with Crippen LogP contribution < -0.4 is 20.3 Å². The van der Waals surface area contributed by atoms with E-state index in [2.05, 4.69) is 30.2 Å². The molecule has 1 aliphatic heterocycles. The monoisotopic (exact) mass is 409 g/mol. The van der Waals surface area contributed by atoms with Gasteiger partial charge in [-0.05, 0) is 25.5 Å². The van der Waals surface area contributed by atoms with Crippen LogP contribution >= 0.6 is 11.3 Å². The number of alkyl halides is 2. The van der Waals surface area contributed by atoms with Gasteiger partial charge in [0.05, 0.1) is 10.7 Å². The third kappa shape index (κ3) is 5.54. The average Bonchev–Trinajstić information content (AvgIpc) is 3.30. The van der Waals surface area contributed by atoms with Crippen molar-refractivity contribution in [3.05, 3.63) is 40.3 Å². The number of benzene rings is 1. The summed E-state index contributed by atoms with van der Waals surface area (Å²) in [7, 11) is 1.74. The summed E-state index contributed by atoms with van der Waals surface area (Å²) in [6.07, 6.45) is 3.61. The lowest BCUT2D eigenvalue weighted by atomic mass is 10.2. The Labute approximate surface area is 167 Å². The molecule has 1 atom stereocenters. The molecule has 9 heteroatoms. The van der Waals surface area contributed by atoms with Crippen molar-refractivity contribution in [2.45, 2.75) is 32.4 Å². The van der Waals surface area contributed by atoms with E-state index in [-0.39, 0.29) is 11.8 Å². The van der Waals surface area contributed by atoms with Crippen LogP contribution in [0.2, 0.25) is 0 Å². The first-order chi connectivity index (χ1) is 13.5. The number of aliphatic imine (C=N–C) groups is 1. The third-order valence-corrected chi connectivity index (χ3v) is 5.45. The number of anilines is 1. The zero-order valence-corrected chi connectivity index (χ0v) is 16.8. The van der Waals surface area contributed by atoms with Gasteiger partial charge >= 0.3 is 6.61 Å². The molecule has 2 heterocycles. The number of rotatable bonds is 7. The summed E-state index contributed by atoms with van der Waals surface area (Å²) >= 11 is 1.70. The minimum Gasteiger partial charge on any atom is -0.433 e. The predicted octanol–water partition coefficient (Wildman–Crippen LogP) is 3.04. The summed E-state index contributed by atoms with van der Waals surface area (Å²) in [5, 5.41) is 7.82. The number of nitrogens with zero attached hydrogens (tertiary/aromatic N) is 3. The van der Waals surface area contributed by atoms with Crippen LogP contribution in [0.1, 0.15) is 16.3 Å². The zero-order chi connectivity index (χ0) is 19.9. The number of nitrogens with one attached hydrogen (secondary N) is 2. The molecular formula is C19H25F2N5OS. The van der Waals surface area contributed by atoms with Crippen LogP contribution in [0.4, 0.5) is 14.5 Å². The number of hydrogen-bond acceptors (Lipinski definition) is 5. The van der Waals surface area contributed by atoms with Gasteiger partial charge in [-0.1, -0.05) is 12.1 Å². The molecule has 0 bridgehead atoms. The van der Waals surface area contributed by atoms with Gasteiger partial charge in [0.1, 0.15) is 5.75 Å². The van der Waals surface area contributed by atoms with Crippen LogP contribution in [0.25, 0.3) is 0 Å². The minimum atomic E-state index is -2.83. The Morgan fingerprint density at radius 2 is 2.25 bits per heavy atom. The SMILES string of the molecule is CN=C(NCCc1ncc(C)s1)NC1CCN(c2ccccc2OC(F)F)C1. The lowest BCUT2D eigenvalue weighted by Gasteiger charge is -2.22. The van der Waals surface area contributed by atoms with Gasteiger partial charge in [0.15, 0.2) is 5.96 Å². The summed E-state index contributed by atoms with van der Waals surface area (Å²) in [6, 6.07) is 7.08. The molecule has 2 aromatic rings. The van der Waals surface area contributed by atoms with Crippen LogP contribution in [0.3, 0.4) is 0 Å². The number of aromatic nitrogens is 1. The highest BCUT2D eigenvalue weighted by Gasteiger charge is 2.26.